The quantitative estimate of drug-likeness (QED) is 0.482. The van der Waals surface area contributed by atoms with Crippen molar-refractivity contribution in [2.45, 2.75) is 19.0 Å². The van der Waals surface area contributed by atoms with Gasteiger partial charge in [-0.2, -0.15) is 5.10 Å². The summed E-state index contributed by atoms with van der Waals surface area (Å²) in [5.41, 5.74) is 4.53. The van der Waals surface area contributed by atoms with Gasteiger partial charge < -0.3 is 5.32 Å². The highest BCUT2D eigenvalue weighted by atomic mass is 32.1. The zero-order valence-corrected chi connectivity index (χ0v) is 17.8. The predicted molar refractivity (Wildman–Crippen MR) is 123 cm³/mol. The molecule has 1 aliphatic heterocycles. The highest BCUT2D eigenvalue weighted by molar-refractivity contribution is 7.13. The molecule has 0 saturated carbocycles. The van der Waals surface area contributed by atoms with Gasteiger partial charge in [0.2, 0.25) is 0 Å². The minimum atomic E-state index is -0.112. The molecule has 3 heterocycles. The van der Waals surface area contributed by atoms with E-state index in [-0.39, 0.29) is 11.9 Å². The standard InChI is InChI=1S/C24H23N5OS/c30-23(26-19-11-12-29(15-19)14-17-7-3-1-4-8-17)21-16-31-24(27-21)20-13-25-28-22(20)18-9-5-2-6-10-18/h1-10,13,16,19H,11-12,14-15H2,(H,25,28)(H,26,30). The first kappa shape index (κ1) is 19.7. The summed E-state index contributed by atoms with van der Waals surface area (Å²) in [6, 6.07) is 20.6. The van der Waals surface area contributed by atoms with Crippen LogP contribution in [0.25, 0.3) is 21.8 Å². The van der Waals surface area contributed by atoms with Crippen LogP contribution in [0.15, 0.2) is 72.2 Å². The second kappa shape index (κ2) is 8.83. The number of rotatable bonds is 6. The van der Waals surface area contributed by atoms with Crippen LogP contribution in [0.1, 0.15) is 22.5 Å². The molecule has 1 fully saturated rings. The molecule has 1 aliphatic rings. The summed E-state index contributed by atoms with van der Waals surface area (Å²) in [5.74, 6) is -0.112. The van der Waals surface area contributed by atoms with Crippen LogP contribution in [0.3, 0.4) is 0 Å². The molecule has 2 aromatic heterocycles. The van der Waals surface area contributed by atoms with Crippen molar-refractivity contribution in [2.75, 3.05) is 13.1 Å². The highest BCUT2D eigenvalue weighted by Gasteiger charge is 2.25. The molecule has 4 aromatic rings. The molecule has 31 heavy (non-hydrogen) atoms. The van der Waals surface area contributed by atoms with E-state index >= 15 is 0 Å². The fraction of sp³-hybridized carbons (Fsp3) is 0.208. The van der Waals surface area contributed by atoms with Crippen LogP contribution in [0.4, 0.5) is 0 Å². The number of benzene rings is 2. The number of H-pyrrole nitrogens is 1. The molecule has 1 unspecified atom stereocenters. The number of carbonyl (C=O) groups excluding carboxylic acids is 1. The van der Waals surface area contributed by atoms with Crippen LogP contribution in [0.5, 0.6) is 0 Å². The Kier molecular flexibility index (Phi) is 5.60. The lowest BCUT2D eigenvalue weighted by molar-refractivity contribution is 0.0933. The van der Waals surface area contributed by atoms with Crippen LogP contribution in [-0.2, 0) is 6.54 Å². The maximum Gasteiger partial charge on any atom is 0.271 e. The fourth-order valence-corrected chi connectivity index (χ4v) is 4.78. The van der Waals surface area contributed by atoms with Gasteiger partial charge in [0.1, 0.15) is 16.4 Å². The lowest BCUT2D eigenvalue weighted by atomic mass is 10.1. The summed E-state index contributed by atoms with van der Waals surface area (Å²) in [7, 11) is 0. The van der Waals surface area contributed by atoms with Crippen LogP contribution < -0.4 is 5.32 Å². The first-order valence-corrected chi connectivity index (χ1v) is 11.3. The maximum absolute atomic E-state index is 12.8. The lowest BCUT2D eigenvalue weighted by Crippen LogP contribution is -2.37. The molecule has 1 atom stereocenters. The molecular weight excluding hydrogens is 406 g/mol. The molecule has 2 aromatic carbocycles. The van der Waals surface area contributed by atoms with Crippen LogP contribution in [-0.4, -0.2) is 45.1 Å². The van der Waals surface area contributed by atoms with Crippen molar-refractivity contribution in [1.29, 1.82) is 0 Å². The Balaban J connectivity index is 1.23. The molecule has 0 radical (unpaired) electrons. The molecule has 2 N–H and O–H groups in total. The van der Waals surface area contributed by atoms with Crippen LogP contribution >= 0.6 is 11.3 Å². The van der Waals surface area contributed by atoms with Gasteiger partial charge in [0.05, 0.1) is 5.56 Å². The number of carbonyl (C=O) groups is 1. The van der Waals surface area contributed by atoms with Gasteiger partial charge in [0.15, 0.2) is 0 Å². The average Bonchev–Trinajstić information content (AvgIpc) is 3.56. The van der Waals surface area contributed by atoms with Crippen molar-refractivity contribution in [3.63, 3.8) is 0 Å². The average molecular weight is 430 g/mol. The molecule has 6 nitrogen and oxygen atoms in total. The number of aromatic amines is 1. The van der Waals surface area contributed by atoms with Crippen molar-refractivity contribution in [3.8, 4) is 21.8 Å². The number of hydrogen-bond donors (Lipinski definition) is 2. The summed E-state index contributed by atoms with van der Waals surface area (Å²) >= 11 is 1.46. The molecule has 156 valence electrons. The molecule has 0 spiro atoms. The SMILES string of the molecule is O=C(NC1CCN(Cc2ccccc2)C1)c1csc(-c2c[nH]nc2-c2ccccc2)n1. The first-order chi connectivity index (χ1) is 15.3. The van der Waals surface area contributed by atoms with Crippen molar-refractivity contribution < 1.29 is 4.79 Å². The molecule has 1 saturated heterocycles. The molecule has 5 rings (SSSR count). The third-order valence-electron chi connectivity index (χ3n) is 5.51. The molecule has 0 aliphatic carbocycles. The highest BCUT2D eigenvalue weighted by Crippen LogP contribution is 2.32. The van der Waals surface area contributed by atoms with Crippen molar-refractivity contribution in [2.24, 2.45) is 0 Å². The van der Waals surface area contributed by atoms with Crippen LogP contribution in [0, 0.1) is 0 Å². The molecule has 1 amide bonds. The predicted octanol–water partition coefficient (Wildman–Crippen LogP) is 4.20. The first-order valence-electron chi connectivity index (χ1n) is 10.4. The van der Waals surface area contributed by atoms with Gasteiger partial charge in [-0.3, -0.25) is 14.8 Å². The fourth-order valence-electron chi connectivity index (χ4n) is 3.97. The summed E-state index contributed by atoms with van der Waals surface area (Å²) in [5, 5.41) is 13.1. The van der Waals surface area contributed by atoms with Crippen molar-refractivity contribution in [3.05, 3.63) is 83.5 Å². The zero-order valence-electron chi connectivity index (χ0n) is 17.0. The van der Waals surface area contributed by atoms with E-state index in [0.29, 0.717) is 5.69 Å². The minimum absolute atomic E-state index is 0.112. The Morgan fingerprint density at radius 2 is 1.90 bits per heavy atom. The smallest absolute Gasteiger partial charge is 0.271 e. The van der Waals surface area contributed by atoms with Crippen LogP contribution in [0.2, 0.25) is 0 Å². The second-order valence-electron chi connectivity index (χ2n) is 7.73. The Hall–Kier alpha value is -3.29. The van der Waals surface area contributed by atoms with E-state index in [0.717, 1.165) is 47.9 Å². The Morgan fingerprint density at radius 3 is 2.71 bits per heavy atom. The Morgan fingerprint density at radius 1 is 1.13 bits per heavy atom. The molecule has 0 bridgehead atoms. The van der Waals surface area contributed by atoms with E-state index in [2.05, 4.69) is 49.7 Å². The number of nitrogens with zero attached hydrogens (tertiary/aromatic N) is 3. The van der Waals surface area contributed by atoms with E-state index < -0.39 is 0 Å². The van der Waals surface area contributed by atoms with E-state index in [1.807, 2.05) is 48.0 Å². The van der Waals surface area contributed by atoms with Gasteiger partial charge in [-0.15, -0.1) is 11.3 Å². The maximum atomic E-state index is 12.8. The van der Waals surface area contributed by atoms with Crippen molar-refractivity contribution in [1.82, 2.24) is 25.4 Å². The number of aromatic nitrogens is 3. The number of nitrogens with one attached hydrogen (secondary N) is 2. The Labute approximate surface area is 185 Å². The third-order valence-corrected chi connectivity index (χ3v) is 6.39. The Bertz CT molecular complexity index is 1150. The topological polar surface area (TPSA) is 73.9 Å². The monoisotopic (exact) mass is 429 g/mol. The molecular formula is C24H23N5OS. The molecule has 7 heteroatoms. The van der Waals surface area contributed by atoms with E-state index in [1.54, 1.807) is 0 Å². The third kappa shape index (κ3) is 4.42. The number of amides is 1. The zero-order chi connectivity index (χ0) is 21.0. The van der Waals surface area contributed by atoms with Gasteiger partial charge in [0.25, 0.3) is 5.91 Å². The van der Waals surface area contributed by atoms with E-state index in [9.17, 15) is 4.79 Å². The van der Waals surface area contributed by atoms with Gasteiger partial charge in [-0.05, 0) is 12.0 Å². The number of thiazole rings is 1. The van der Waals surface area contributed by atoms with Gasteiger partial charge in [-0.1, -0.05) is 60.7 Å². The normalized spacial score (nSPS) is 16.5. The number of hydrogen-bond acceptors (Lipinski definition) is 5. The minimum Gasteiger partial charge on any atom is -0.347 e. The summed E-state index contributed by atoms with van der Waals surface area (Å²) in [6.07, 6.45) is 2.79. The van der Waals surface area contributed by atoms with Gasteiger partial charge in [0, 0.05) is 42.8 Å². The van der Waals surface area contributed by atoms with Crippen molar-refractivity contribution >= 4 is 17.2 Å². The van der Waals surface area contributed by atoms with Gasteiger partial charge >= 0.3 is 0 Å². The van der Waals surface area contributed by atoms with Gasteiger partial charge in [-0.25, -0.2) is 4.98 Å². The number of likely N-dealkylation sites (tertiary alicyclic amines) is 1. The summed E-state index contributed by atoms with van der Waals surface area (Å²) in [4.78, 5) is 19.8. The van der Waals surface area contributed by atoms with E-state index in [4.69, 9.17) is 0 Å². The largest absolute Gasteiger partial charge is 0.347 e. The lowest BCUT2D eigenvalue weighted by Gasteiger charge is -2.16. The summed E-state index contributed by atoms with van der Waals surface area (Å²) in [6.45, 7) is 2.76. The van der Waals surface area contributed by atoms with E-state index in [1.165, 1.54) is 16.9 Å². The summed E-state index contributed by atoms with van der Waals surface area (Å²) < 4.78 is 0. The second-order valence-corrected chi connectivity index (χ2v) is 8.59.